The second-order valence-electron chi connectivity index (χ2n) is 6.02. The maximum atomic E-state index is 14.3. The van der Waals surface area contributed by atoms with Crippen LogP contribution in [0.5, 0.6) is 0 Å². The molecule has 5 nitrogen and oxygen atoms in total. The van der Waals surface area contributed by atoms with E-state index in [0.29, 0.717) is 18.7 Å². The summed E-state index contributed by atoms with van der Waals surface area (Å²) in [6.45, 7) is 1.98. The van der Waals surface area contributed by atoms with E-state index in [0.717, 1.165) is 17.0 Å². The number of allylic oxidation sites excluding steroid dienone is 1. The van der Waals surface area contributed by atoms with E-state index in [-0.39, 0.29) is 11.1 Å². The molecule has 2 amide bonds. The highest BCUT2D eigenvalue weighted by molar-refractivity contribution is 7.09. The summed E-state index contributed by atoms with van der Waals surface area (Å²) in [7, 11) is 1.22. The van der Waals surface area contributed by atoms with Gasteiger partial charge in [-0.15, -0.1) is 11.3 Å². The van der Waals surface area contributed by atoms with Gasteiger partial charge in [0.1, 0.15) is 11.6 Å². The van der Waals surface area contributed by atoms with E-state index in [2.05, 4.69) is 5.32 Å². The first kappa shape index (κ1) is 19.0. The highest BCUT2D eigenvalue weighted by Crippen LogP contribution is 2.33. The standard InChI is InChI=1S/C19H18F2N2O3S/c1-11-16(18(24)26-2)17(14-6-5-12(20)10-15(14)21)22-19(25)23(11)8-7-13-4-3-9-27-13/h3-6,9-10,17H,7-8H2,1-2H3,(H,22,25)/t17-/m0/s1. The van der Waals surface area contributed by atoms with Gasteiger partial charge in [-0.25, -0.2) is 18.4 Å². The number of rotatable bonds is 5. The molecule has 8 heteroatoms. The zero-order chi connectivity index (χ0) is 19.6. The summed E-state index contributed by atoms with van der Waals surface area (Å²) in [5, 5.41) is 4.58. The summed E-state index contributed by atoms with van der Waals surface area (Å²) in [6, 6.07) is 5.39. The Labute approximate surface area is 159 Å². The van der Waals surface area contributed by atoms with Crippen molar-refractivity contribution >= 4 is 23.3 Å². The van der Waals surface area contributed by atoms with E-state index in [1.165, 1.54) is 18.1 Å². The van der Waals surface area contributed by atoms with Gasteiger partial charge in [0.2, 0.25) is 0 Å². The van der Waals surface area contributed by atoms with E-state index >= 15 is 0 Å². The van der Waals surface area contributed by atoms with E-state index in [1.807, 2.05) is 17.5 Å². The third-order valence-corrected chi connectivity index (χ3v) is 5.37. The van der Waals surface area contributed by atoms with Crippen molar-refractivity contribution in [1.82, 2.24) is 10.2 Å². The van der Waals surface area contributed by atoms with Crippen molar-refractivity contribution < 1.29 is 23.1 Å². The molecule has 142 valence electrons. The van der Waals surface area contributed by atoms with Gasteiger partial charge in [-0.1, -0.05) is 12.1 Å². The van der Waals surface area contributed by atoms with Gasteiger partial charge in [0, 0.05) is 28.7 Å². The van der Waals surface area contributed by atoms with Gasteiger partial charge in [0.25, 0.3) is 0 Å². The maximum Gasteiger partial charge on any atom is 0.337 e. The molecular formula is C19H18F2N2O3S. The lowest BCUT2D eigenvalue weighted by Gasteiger charge is -2.35. The van der Waals surface area contributed by atoms with Gasteiger partial charge in [-0.3, -0.25) is 4.90 Å². The monoisotopic (exact) mass is 392 g/mol. The number of carbonyl (C=O) groups is 2. The van der Waals surface area contributed by atoms with Gasteiger partial charge in [0.05, 0.1) is 18.7 Å². The van der Waals surface area contributed by atoms with Crippen molar-refractivity contribution in [2.24, 2.45) is 0 Å². The Kier molecular flexibility index (Phi) is 5.55. The largest absolute Gasteiger partial charge is 0.466 e. The fourth-order valence-electron chi connectivity index (χ4n) is 3.07. The number of benzene rings is 1. The van der Waals surface area contributed by atoms with Crippen molar-refractivity contribution in [2.75, 3.05) is 13.7 Å². The molecule has 1 atom stereocenters. The number of esters is 1. The minimum absolute atomic E-state index is 0.00223. The van der Waals surface area contributed by atoms with Crippen molar-refractivity contribution in [3.63, 3.8) is 0 Å². The topological polar surface area (TPSA) is 58.6 Å². The fraction of sp³-hybridized carbons (Fsp3) is 0.263. The number of amides is 2. The van der Waals surface area contributed by atoms with Crippen LogP contribution in [0.4, 0.5) is 13.6 Å². The molecule has 2 aromatic rings. The Morgan fingerprint density at radius 2 is 2.11 bits per heavy atom. The Morgan fingerprint density at radius 3 is 2.74 bits per heavy atom. The molecular weight excluding hydrogens is 374 g/mol. The van der Waals surface area contributed by atoms with Crippen LogP contribution in [0.15, 0.2) is 47.0 Å². The summed E-state index contributed by atoms with van der Waals surface area (Å²) < 4.78 is 32.4. The first-order valence-electron chi connectivity index (χ1n) is 8.26. The van der Waals surface area contributed by atoms with Crippen molar-refractivity contribution in [2.45, 2.75) is 19.4 Å². The molecule has 1 aliphatic rings. The Balaban J connectivity index is 1.98. The Hall–Kier alpha value is -2.74. The molecule has 0 bridgehead atoms. The van der Waals surface area contributed by atoms with E-state index < -0.39 is 29.7 Å². The average molecular weight is 392 g/mol. The molecule has 0 radical (unpaired) electrons. The van der Waals surface area contributed by atoms with Crippen molar-refractivity contribution in [1.29, 1.82) is 0 Å². The molecule has 1 aliphatic heterocycles. The van der Waals surface area contributed by atoms with Gasteiger partial charge >= 0.3 is 12.0 Å². The smallest absolute Gasteiger partial charge is 0.337 e. The molecule has 0 fully saturated rings. The van der Waals surface area contributed by atoms with Crippen LogP contribution in [0.3, 0.4) is 0 Å². The molecule has 1 aromatic heterocycles. The van der Waals surface area contributed by atoms with Crippen molar-refractivity contribution in [3.8, 4) is 0 Å². The van der Waals surface area contributed by atoms with E-state index in [1.54, 1.807) is 18.3 Å². The lowest BCUT2D eigenvalue weighted by Crippen LogP contribution is -2.48. The molecule has 0 spiro atoms. The molecule has 3 rings (SSSR count). The molecule has 1 N–H and O–H groups in total. The van der Waals surface area contributed by atoms with Crippen LogP contribution in [-0.4, -0.2) is 30.6 Å². The number of hydrogen-bond acceptors (Lipinski definition) is 4. The average Bonchev–Trinajstić information content (AvgIpc) is 3.14. The van der Waals surface area contributed by atoms with Crippen LogP contribution < -0.4 is 5.32 Å². The number of carbonyl (C=O) groups excluding carboxylic acids is 2. The number of nitrogens with zero attached hydrogens (tertiary/aromatic N) is 1. The second-order valence-corrected chi connectivity index (χ2v) is 7.05. The molecule has 0 saturated carbocycles. The minimum Gasteiger partial charge on any atom is -0.466 e. The maximum absolute atomic E-state index is 14.3. The molecule has 27 heavy (non-hydrogen) atoms. The van der Waals surface area contributed by atoms with Gasteiger partial charge in [-0.2, -0.15) is 0 Å². The molecule has 0 unspecified atom stereocenters. The minimum atomic E-state index is -1.05. The second kappa shape index (κ2) is 7.87. The number of nitrogens with one attached hydrogen (secondary N) is 1. The van der Waals surface area contributed by atoms with Crippen LogP contribution in [-0.2, 0) is 16.0 Å². The molecule has 2 heterocycles. The Bertz CT molecular complexity index is 896. The van der Waals surface area contributed by atoms with Crippen LogP contribution in [0.1, 0.15) is 23.4 Å². The van der Waals surface area contributed by atoms with E-state index in [4.69, 9.17) is 4.74 Å². The lowest BCUT2D eigenvalue weighted by atomic mass is 9.94. The van der Waals surface area contributed by atoms with Gasteiger partial charge in [0.15, 0.2) is 0 Å². The third kappa shape index (κ3) is 3.85. The SMILES string of the molecule is COC(=O)C1=C(C)N(CCc2cccs2)C(=O)N[C@H]1c1ccc(F)cc1F. The number of ether oxygens (including phenoxy) is 1. The fourth-order valence-corrected chi connectivity index (χ4v) is 3.77. The molecule has 0 saturated heterocycles. The summed E-state index contributed by atoms with van der Waals surface area (Å²) in [5.74, 6) is -2.26. The number of methoxy groups -OCH3 is 1. The van der Waals surface area contributed by atoms with Crippen LogP contribution in [0, 0.1) is 11.6 Å². The lowest BCUT2D eigenvalue weighted by molar-refractivity contribution is -0.136. The number of halogens is 2. The predicted molar refractivity (Wildman–Crippen MR) is 97.1 cm³/mol. The first-order valence-corrected chi connectivity index (χ1v) is 9.14. The van der Waals surface area contributed by atoms with Gasteiger partial charge < -0.3 is 10.1 Å². The normalized spacial score (nSPS) is 17.1. The van der Waals surface area contributed by atoms with Crippen molar-refractivity contribution in [3.05, 3.63) is 69.1 Å². The summed E-state index contributed by atoms with van der Waals surface area (Å²) in [5.41, 5.74) is 0.507. The van der Waals surface area contributed by atoms with Gasteiger partial charge in [-0.05, 0) is 30.9 Å². The highest BCUT2D eigenvalue weighted by atomic mass is 32.1. The third-order valence-electron chi connectivity index (χ3n) is 4.44. The summed E-state index contributed by atoms with van der Waals surface area (Å²) in [6.07, 6.45) is 0.618. The summed E-state index contributed by atoms with van der Waals surface area (Å²) in [4.78, 5) is 27.5. The van der Waals surface area contributed by atoms with Crippen LogP contribution in [0.2, 0.25) is 0 Å². The highest BCUT2D eigenvalue weighted by Gasteiger charge is 2.37. The number of thiophene rings is 1. The van der Waals surface area contributed by atoms with Crippen LogP contribution >= 0.6 is 11.3 Å². The quantitative estimate of drug-likeness (QED) is 0.788. The molecule has 1 aromatic carbocycles. The first-order chi connectivity index (χ1) is 12.9. The zero-order valence-electron chi connectivity index (χ0n) is 14.8. The molecule has 0 aliphatic carbocycles. The summed E-state index contributed by atoms with van der Waals surface area (Å²) >= 11 is 1.58. The van der Waals surface area contributed by atoms with E-state index in [9.17, 15) is 18.4 Å². The zero-order valence-corrected chi connectivity index (χ0v) is 15.6. The number of hydrogen-bond donors (Lipinski definition) is 1. The predicted octanol–water partition coefficient (Wildman–Crippen LogP) is 3.78. The Morgan fingerprint density at radius 1 is 1.33 bits per heavy atom. The van der Waals surface area contributed by atoms with Crippen LogP contribution in [0.25, 0.3) is 0 Å². The number of urea groups is 1.